The van der Waals surface area contributed by atoms with E-state index in [2.05, 4.69) is 15.1 Å². The van der Waals surface area contributed by atoms with E-state index in [1.807, 2.05) is 31.2 Å². The first-order valence-corrected chi connectivity index (χ1v) is 6.05. The summed E-state index contributed by atoms with van der Waals surface area (Å²) in [5.41, 5.74) is 2.69. The molecule has 0 saturated carbocycles. The molecule has 0 atom stereocenters. The smallest absolute Gasteiger partial charge is 0.198 e. The zero-order chi connectivity index (χ0) is 12.7. The van der Waals surface area contributed by atoms with Crippen LogP contribution in [0.15, 0.2) is 30.6 Å². The normalized spacial score (nSPS) is 11.1. The first-order valence-electron chi connectivity index (χ1n) is 5.29. The predicted octanol–water partition coefficient (Wildman–Crippen LogP) is 3.41. The third kappa shape index (κ3) is 1.65. The highest BCUT2D eigenvalue weighted by atomic mass is 35.5. The van der Waals surface area contributed by atoms with E-state index in [0.717, 1.165) is 11.1 Å². The Bertz CT molecular complexity index is 736. The van der Waals surface area contributed by atoms with E-state index in [9.17, 15) is 0 Å². The lowest BCUT2D eigenvalue weighted by Gasteiger charge is -2.10. The number of halogens is 2. The van der Waals surface area contributed by atoms with Gasteiger partial charge in [-0.1, -0.05) is 47.5 Å². The van der Waals surface area contributed by atoms with Crippen LogP contribution in [0.2, 0.25) is 10.3 Å². The van der Waals surface area contributed by atoms with Crippen molar-refractivity contribution in [3.63, 3.8) is 0 Å². The molecule has 0 unspecified atom stereocenters. The second kappa shape index (κ2) is 4.23. The molecule has 0 aliphatic carbocycles. The molecule has 0 amide bonds. The van der Waals surface area contributed by atoms with Gasteiger partial charge in [-0.15, -0.1) is 0 Å². The Labute approximate surface area is 113 Å². The Morgan fingerprint density at radius 2 is 1.94 bits per heavy atom. The Morgan fingerprint density at radius 3 is 2.72 bits per heavy atom. The fraction of sp³-hybridized carbons (Fsp3) is 0.0833. The molecule has 0 saturated heterocycles. The van der Waals surface area contributed by atoms with E-state index >= 15 is 0 Å². The predicted molar refractivity (Wildman–Crippen MR) is 71.0 cm³/mol. The number of aryl methyl sites for hydroxylation is 1. The molecule has 18 heavy (non-hydrogen) atoms. The van der Waals surface area contributed by atoms with Gasteiger partial charge in [-0.2, -0.15) is 19.6 Å². The van der Waals surface area contributed by atoms with E-state index < -0.39 is 0 Å². The van der Waals surface area contributed by atoms with Crippen molar-refractivity contribution in [2.24, 2.45) is 0 Å². The van der Waals surface area contributed by atoms with E-state index in [-0.39, 0.29) is 0 Å². The quantitative estimate of drug-likeness (QED) is 0.641. The SMILES string of the molecule is Cc1ccccc1-c1c(Cl)nc2ncnn2c1Cl. The fourth-order valence-electron chi connectivity index (χ4n) is 1.86. The van der Waals surface area contributed by atoms with Crippen LogP contribution in [0.1, 0.15) is 5.56 Å². The van der Waals surface area contributed by atoms with E-state index in [1.165, 1.54) is 10.8 Å². The summed E-state index contributed by atoms with van der Waals surface area (Å²) in [5, 5.41) is 4.77. The van der Waals surface area contributed by atoms with Crippen LogP contribution in [0.3, 0.4) is 0 Å². The number of rotatable bonds is 1. The summed E-state index contributed by atoms with van der Waals surface area (Å²) < 4.78 is 1.47. The lowest BCUT2D eigenvalue weighted by molar-refractivity contribution is 0.942. The number of nitrogens with zero attached hydrogens (tertiary/aromatic N) is 4. The number of aromatic nitrogens is 4. The van der Waals surface area contributed by atoms with Gasteiger partial charge in [-0.25, -0.2) is 0 Å². The number of hydrogen-bond donors (Lipinski definition) is 0. The summed E-state index contributed by atoms with van der Waals surface area (Å²) in [6.07, 6.45) is 1.40. The van der Waals surface area contributed by atoms with Gasteiger partial charge in [0.15, 0.2) is 0 Å². The average Bonchev–Trinajstić information content (AvgIpc) is 2.79. The van der Waals surface area contributed by atoms with Crippen molar-refractivity contribution in [3.8, 4) is 11.1 Å². The fourth-order valence-corrected chi connectivity index (χ4v) is 2.49. The largest absolute Gasteiger partial charge is 0.255 e. The van der Waals surface area contributed by atoms with Gasteiger partial charge in [-0.3, -0.25) is 0 Å². The molecule has 0 aliphatic heterocycles. The molecule has 0 spiro atoms. The zero-order valence-corrected chi connectivity index (χ0v) is 10.9. The molecule has 0 bridgehead atoms. The van der Waals surface area contributed by atoms with Gasteiger partial charge in [-0.05, 0) is 18.1 Å². The molecule has 2 aromatic heterocycles. The molecule has 2 heterocycles. The van der Waals surface area contributed by atoms with Gasteiger partial charge in [0.2, 0.25) is 0 Å². The van der Waals surface area contributed by atoms with Gasteiger partial charge in [0.25, 0.3) is 5.78 Å². The molecule has 90 valence electrons. The summed E-state index contributed by atoms with van der Waals surface area (Å²) in [7, 11) is 0. The molecule has 3 aromatic rings. The summed E-state index contributed by atoms with van der Waals surface area (Å²) >= 11 is 12.5. The molecule has 0 aliphatic rings. The first kappa shape index (κ1) is 11.4. The van der Waals surface area contributed by atoms with Crippen molar-refractivity contribution in [2.75, 3.05) is 0 Å². The highest BCUT2D eigenvalue weighted by molar-refractivity contribution is 6.38. The molecular weight excluding hydrogens is 271 g/mol. The Kier molecular flexibility index (Phi) is 2.69. The van der Waals surface area contributed by atoms with Gasteiger partial charge in [0.05, 0.1) is 5.56 Å². The molecule has 0 radical (unpaired) electrons. The van der Waals surface area contributed by atoms with Gasteiger partial charge >= 0.3 is 0 Å². The second-order valence-corrected chi connectivity index (χ2v) is 4.57. The Hall–Kier alpha value is -1.65. The van der Waals surface area contributed by atoms with Crippen molar-refractivity contribution in [1.29, 1.82) is 0 Å². The molecular formula is C12H8Cl2N4. The van der Waals surface area contributed by atoms with Crippen LogP contribution in [0.25, 0.3) is 16.9 Å². The van der Waals surface area contributed by atoms with Crippen LogP contribution < -0.4 is 0 Å². The summed E-state index contributed by atoms with van der Waals surface area (Å²) in [5.74, 6) is 0.391. The van der Waals surface area contributed by atoms with Gasteiger partial charge in [0, 0.05) is 0 Å². The molecule has 3 rings (SSSR count). The molecule has 0 fully saturated rings. The molecule has 0 N–H and O–H groups in total. The van der Waals surface area contributed by atoms with Crippen LogP contribution in [0.4, 0.5) is 0 Å². The van der Waals surface area contributed by atoms with E-state index in [4.69, 9.17) is 23.2 Å². The zero-order valence-electron chi connectivity index (χ0n) is 9.43. The third-order valence-corrected chi connectivity index (χ3v) is 3.36. The highest BCUT2D eigenvalue weighted by Crippen LogP contribution is 2.35. The maximum absolute atomic E-state index is 6.33. The minimum Gasteiger partial charge on any atom is -0.198 e. The van der Waals surface area contributed by atoms with Crippen molar-refractivity contribution < 1.29 is 0 Å². The van der Waals surface area contributed by atoms with Crippen molar-refractivity contribution in [2.45, 2.75) is 6.92 Å². The van der Waals surface area contributed by atoms with E-state index in [0.29, 0.717) is 21.6 Å². The Morgan fingerprint density at radius 1 is 1.17 bits per heavy atom. The van der Waals surface area contributed by atoms with Crippen LogP contribution in [0.5, 0.6) is 0 Å². The minimum absolute atomic E-state index is 0.329. The average molecular weight is 279 g/mol. The Balaban J connectivity index is 2.39. The summed E-state index contributed by atoms with van der Waals surface area (Å²) in [6, 6.07) is 7.84. The highest BCUT2D eigenvalue weighted by Gasteiger charge is 2.16. The molecule has 6 heteroatoms. The molecule has 1 aromatic carbocycles. The summed E-state index contributed by atoms with van der Waals surface area (Å²) in [4.78, 5) is 8.15. The maximum Gasteiger partial charge on any atom is 0.255 e. The number of benzene rings is 1. The van der Waals surface area contributed by atoms with Crippen molar-refractivity contribution in [1.82, 2.24) is 19.6 Å². The summed E-state index contributed by atoms with van der Waals surface area (Å²) in [6.45, 7) is 1.99. The standard InChI is InChI=1S/C12H8Cl2N4/c1-7-4-2-3-5-8(7)9-10(13)17-12-15-6-16-18(12)11(9)14/h2-6H,1H3. The van der Waals surface area contributed by atoms with Crippen molar-refractivity contribution in [3.05, 3.63) is 46.5 Å². The lowest BCUT2D eigenvalue weighted by atomic mass is 10.0. The van der Waals surface area contributed by atoms with Gasteiger partial charge < -0.3 is 0 Å². The van der Waals surface area contributed by atoms with Crippen molar-refractivity contribution >= 4 is 29.0 Å². The second-order valence-electron chi connectivity index (χ2n) is 3.86. The van der Waals surface area contributed by atoms with Gasteiger partial charge in [0.1, 0.15) is 16.6 Å². The van der Waals surface area contributed by atoms with E-state index in [1.54, 1.807) is 0 Å². The maximum atomic E-state index is 6.33. The first-order chi connectivity index (χ1) is 8.68. The third-order valence-electron chi connectivity index (χ3n) is 2.74. The topological polar surface area (TPSA) is 43.1 Å². The lowest BCUT2D eigenvalue weighted by Crippen LogP contribution is -1.98. The van der Waals surface area contributed by atoms with Crippen LogP contribution in [-0.4, -0.2) is 19.6 Å². The number of hydrogen-bond acceptors (Lipinski definition) is 3. The van der Waals surface area contributed by atoms with Crippen LogP contribution in [-0.2, 0) is 0 Å². The van der Waals surface area contributed by atoms with Crippen LogP contribution in [0, 0.1) is 6.92 Å². The van der Waals surface area contributed by atoms with Crippen LogP contribution >= 0.6 is 23.2 Å². The number of fused-ring (bicyclic) bond motifs is 1. The molecule has 4 nitrogen and oxygen atoms in total. The minimum atomic E-state index is 0.329. The monoisotopic (exact) mass is 278 g/mol.